The van der Waals surface area contributed by atoms with Gasteiger partial charge in [-0.15, -0.1) is 0 Å². The van der Waals surface area contributed by atoms with E-state index >= 15 is 0 Å². The third kappa shape index (κ3) is 3.77. The van der Waals surface area contributed by atoms with Crippen molar-refractivity contribution in [3.05, 3.63) is 77.0 Å². The number of aromatic amines is 1. The van der Waals surface area contributed by atoms with Crippen molar-refractivity contribution in [2.24, 2.45) is 0 Å². The Kier molecular flexibility index (Phi) is 5.57. The molecule has 1 amide bonds. The summed E-state index contributed by atoms with van der Waals surface area (Å²) in [6.45, 7) is 0. The number of amides is 1. The van der Waals surface area contributed by atoms with Gasteiger partial charge in [0.05, 0.1) is 35.9 Å². The second-order valence-electron chi connectivity index (χ2n) is 6.62. The Morgan fingerprint density at radius 3 is 2.75 bits per heavy atom. The highest BCUT2D eigenvalue weighted by molar-refractivity contribution is 7.89. The molecule has 0 unspecified atom stereocenters. The van der Waals surface area contributed by atoms with E-state index in [9.17, 15) is 18.0 Å². The number of hydrogen-bond acceptors (Lipinski definition) is 7. The number of nitrogens with one attached hydrogen (secondary N) is 2. The highest BCUT2D eigenvalue weighted by Crippen LogP contribution is 2.23. The van der Waals surface area contributed by atoms with Crippen LogP contribution in [0.1, 0.15) is 10.4 Å². The van der Waals surface area contributed by atoms with Crippen molar-refractivity contribution in [2.75, 3.05) is 19.5 Å². The Hall–Kier alpha value is -3.87. The number of hydrogen-bond donors (Lipinski definition) is 2. The molecule has 0 saturated carbocycles. The van der Waals surface area contributed by atoms with Crippen molar-refractivity contribution in [2.45, 2.75) is 4.90 Å². The van der Waals surface area contributed by atoms with Gasteiger partial charge in [0, 0.05) is 12.6 Å². The summed E-state index contributed by atoms with van der Waals surface area (Å²) in [5, 5.41) is 7.29. The van der Waals surface area contributed by atoms with E-state index in [4.69, 9.17) is 4.84 Å². The smallest absolute Gasteiger partial charge is 0.264 e. The molecule has 0 spiro atoms. The van der Waals surface area contributed by atoms with Gasteiger partial charge >= 0.3 is 0 Å². The van der Waals surface area contributed by atoms with E-state index in [1.807, 2.05) is 0 Å². The van der Waals surface area contributed by atoms with Crippen molar-refractivity contribution >= 4 is 32.7 Å². The van der Waals surface area contributed by atoms with E-state index in [1.165, 1.54) is 55.6 Å². The molecule has 0 saturated heterocycles. The topological polar surface area (TPSA) is 139 Å². The first-order valence-electron chi connectivity index (χ1n) is 9.28. The molecule has 12 heteroatoms. The maximum atomic E-state index is 12.9. The molecular formula is C20H18N6O5S. The number of hydroxylamine groups is 1. The van der Waals surface area contributed by atoms with Crippen LogP contribution in [0.2, 0.25) is 0 Å². The van der Waals surface area contributed by atoms with E-state index in [1.54, 1.807) is 24.3 Å². The number of benzene rings is 2. The van der Waals surface area contributed by atoms with Gasteiger partial charge in [-0.2, -0.15) is 5.10 Å². The second-order valence-corrected chi connectivity index (χ2v) is 8.56. The molecule has 2 N–H and O–H groups in total. The summed E-state index contributed by atoms with van der Waals surface area (Å²) in [4.78, 5) is 36.2. The van der Waals surface area contributed by atoms with Crippen LogP contribution in [-0.4, -0.2) is 52.7 Å². The number of para-hydroxylation sites is 2. The zero-order valence-corrected chi connectivity index (χ0v) is 17.8. The SMILES string of the molecule is CON(C)S(=O)(=O)c1cccc(C(=O)Nc2ccccc2-n2ncc3c(=O)[nH]cnc32)c1. The largest absolute Gasteiger partial charge is 0.320 e. The average molecular weight is 454 g/mol. The third-order valence-corrected chi connectivity index (χ3v) is 6.42. The molecule has 4 aromatic rings. The molecule has 0 bridgehead atoms. The number of carbonyl (C=O) groups is 1. The molecule has 2 aromatic heterocycles. The minimum Gasteiger partial charge on any atom is -0.320 e. The molecule has 0 radical (unpaired) electrons. The van der Waals surface area contributed by atoms with Crippen LogP contribution in [0.4, 0.5) is 5.69 Å². The van der Waals surface area contributed by atoms with E-state index in [0.717, 1.165) is 0 Å². The summed E-state index contributed by atoms with van der Waals surface area (Å²) in [5.74, 6) is -0.531. The Labute approximate surface area is 182 Å². The lowest BCUT2D eigenvalue weighted by molar-refractivity contribution is -0.0258. The van der Waals surface area contributed by atoms with E-state index in [2.05, 4.69) is 20.4 Å². The zero-order chi connectivity index (χ0) is 22.9. The Bertz CT molecular complexity index is 1480. The molecule has 0 aliphatic heterocycles. The summed E-state index contributed by atoms with van der Waals surface area (Å²) in [7, 11) is -1.43. The molecule has 0 aliphatic carbocycles. The highest BCUT2D eigenvalue weighted by Gasteiger charge is 2.22. The van der Waals surface area contributed by atoms with Gasteiger partial charge in [-0.1, -0.05) is 22.7 Å². The van der Waals surface area contributed by atoms with Gasteiger partial charge in [0.25, 0.3) is 21.5 Å². The van der Waals surface area contributed by atoms with Crippen LogP contribution in [0.3, 0.4) is 0 Å². The quantitative estimate of drug-likeness (QED) is 0.421. The van der Waals surface area contributed by atoms with Gasteiger partial charge in [-0.25, -0.2) is 18.1 Å². The van der Waals surface area contributed by atoms with E-state index in [0.29, 0.717) is 26.9 Å². The van der Waals surface area contributed by atoms with Crippen molar-refractivity contribution < 1.29 is 18.0 Å². The molecule has 32 heavy (non-hydrogen) atoms. The molecule has 11 nitrogen and oxygen atoms in total. The first kappa shape index (κ1) is 21.4. The number of aromatic nitrogens is 4. The summed E-state index contributed by atoms with van der Waals surface area (Å²) in [6, 6.07) is 12.4. The number of rotatable bonds is 6. The normalized spacial score (nSPS) is 11.7. The van der Waals surface area contributed by atoms with E-state index in [-0.39, 0.29) is 16.0 Å². The number of anilines is 1. The maximum absolute atomic E-state index is 12.9. The number of fused-ring (bicyclic) bond motifs is 1. The fraction of sp³-hybridized carbons (Fsp3) is 0.100. The number of nitrogens with zero attached hydrogens (tertiary/aromatic N) is 4. The lowest BCUT2D eigenvalue weighted by Crippen LogP contribution is -2.26. The lowest BCUT2D eigenvalue weighted by Gasteiger charge is -2.15. The summed E-state index contributed by atoms with van der Waals surface area (Å²) in [5.41, 5.74) is 1.00. The molecular weight excluding hydrogens is 436 g/mol. The van der Waals surface area contributed by atoms with Crippen molar-refractivity contribution in [1.82, 2.24) is 24.2 Å². The summed E-state index contributed by atoms with van der Waals surface area (Å²) >= 11 is 0. The van der Waals surface area contributed by atoms with Crippen molar-refractivity contribution in [1.29, 1.82) is 0 Å². The van der Waals surface area contributed by atoms with Crippen LogP contribution < -0.4 is 10.9 Å². The number of sulfonamides is 1. The maximum Gasteiger partial charge on any atom is 0.264 e. The Morgan fingerprint density at radius 2 is 1.97 bits per heavy atom. The van der Waals surface area contributed by atoms with Gasteiger partial charge in [0.2, 0.25) is 0 Å². The first-order chi connectivity index (χ1) is 15.3. The number of H-pyrrole nitrogens is 1. The summed E-state index contributed by atoms with van der Waals surface area (Å²) < 4.78 is 27.1. The van der Waals surface area contributed by atoms with Crippen molar-refractivity contribution in [3.63, 3.8) is 0 Å². The molecule has 2 heterocycles. The first-order valence-corrected chi connectivity index (χ1v) is 10.7. The molecule has 0 fully saturated rings. The Morgan fingerprint density at radius 1 is 1.19 bits per heavy atom. The third-order valence-electron chi connectivity index (χ3n) is 4.74. The van der Waals surface area contributed by atoms with Crippen LogP contribution in [0.25, 0.3) is 16.7 Å². The highest BCUT2D eigenvalue weighted by atomic mass is 32.2. The number of carbonyl (C=O) groups excluding carboxylic acids is 1. The fourth-order valence-corrected chi connectivity index (χ4v) is 4.05. The minimum absolute atomic E-state index is 0.0933. The minimum atomic E-state index is -3.91. The Balaban J connectivity index is 1.70. The van der Waals surface area contributed by atoms with Crippen LogP contribution in [0, 0.1) is 0 Å². The van der Waals surface area contributed by atoms with E-state index < -0.39 is 15.9 Å². The van der Waals surface area contributed by atoms with Gasteiger partial charge < -0.3 is 10.3 Å². The van der Waals surface area contributed by atoms with Crippen LogP contribution >= 0.6 is 0 Å². The average Bonchev–Trinajstić information content (AvgIpc) is 3.24. The van der Waals surface area contributed by atoms with Crippen molar-refractivity contribution in [3.8, 4) is 5.69 Å². The molecule has 0 atom stereocenters. The molecule has 4 rings (SSSR count). The molecule has 164 valence electrons. The van der Waals surface area contributed by atoms with Gasteiger partial charge in [-0.05, 0) is 30.3 Å². The second kappa shape index (κ2) is 8.34. The lowest BCUT2D eigenvalue weighted by atomic mass is 10.2. The zero-order valence-electron chi connectivity index (χ0n) is 17.0. The van der Waals surface area contributed by atoms with Gasteiger partial charge in [-0.3, -0.25) is 14.4 Å². The van der Waals surface area contributed by atoms with Crippen LogP contribution in [0.5, 0.6) is 0 Å². The fourth-order valence-electron chi connectivity index (χ4n) is 3.04. The van der Waals surface area contributed by atoms with Gasteiger partial charge in [0.1, 0.15) is 5.39 Å². The van der Waals surface area contributed by atoms with Crippen LogP contribution in [0.15, 0.2) is 70.7 Å². The monoisotopic (exact) mass is 454 g/mol. The molecule has 2 aromatic carbocycles. The van der Waals surface area contributed by atoms with Gasteiger partial charge in [0.15, 0.2) is 5.65 Å². The predicted octanol–water partition coefficient (Wildman–Crippen LogP) is 1.54. The van der Waals surface area contributed by atoms with Crippen LogP contribution in [-0.2, 0) is 14.9 Å². The molecule has 0 aliphatic rings. The standard InChI is InChI=1S/C20H18N6O5S/c1-25(31-2)32(29,30)14-7-5-6-13(10-14)19(27)24-16-8-3-4-9-17(16)26-18-15(11-23-26)20(28)22-12-21-18/h3-12H,1-2H3,(H,24,27)(H,21,22,28). The summed E-state index contributed by atoms with van der Waals surface area (Å²) in [6.07, 6.45) is 2.66. The predicted molar refractivity (Wildman–Crippen MR) is 116 cm³/mol.